The summed E-state index contributed by atoms with van der Waals surface area (Å²) in [7, 11) is -7.56. The predicted molar refractivity (Wildman–Crippen MR) is 40.7 cm³/mol. The zero-order valence-corrected chi connectivity index (χ0v) is 7.81. The van der Waals surface area contributed by atoms with E-state index in [0.29, 0.717) is 0 Å². The second-order valence-electron chi connectivity index (χ2n) is 2.42. The summed E-state index contributed by atoms with van der Waals surface area (Å²) in [4.78, 5) is 0. The van der Waals surface area contributed by atoms with Crippen molar-refractivity contribution in [3.63, 3.8) is 0 Å². The van der Waals surface area contributed by atoms with Gasteiger partial charge < -0.3 is 0 Å². The summed E-state index contributed by atoms with van der Waals surface area (Å²) in [6, 6.07) is 0. The first-order valence-electron chi connectivity index (χ1n) is 2.77. The normalized spacial score (nSPS) is 16.3. The molecule has 0 bridgehead atoms. The van der Waals surface area contributed by atoms with Crippen molar-refractivity contribution in [3.8, 4) is 0 Å². The van der Waals surface area contributed by atoms with Gasteiger partial charge in [0.05, 0.1) is 11.0 Å². The van der Waals surface area contributed by atoms with Crippen LogP contribution < -0.4 is 0 Å². The molecule has 7 heteroatoms. The Morgan fingerprint density at radius 2 is 1.64 bits per heavy atom. The summed E-state index contributed by atoms with van der Waals surface area (Å²) < 4.78 is 50.0. The Labute approximate surface area is 66.1 Å². The Hall–Kier alpha value is -0.140. The molecular formula is C4H10O5S2. The third-order valence-electron chi connectivity index (χ3n) is 1.05. The fourth-order valence-corrected chi connectivity index (χ4v) is 2.79. The van der Waals surface area contributed by atoms with Gasteiger partial charge in [-0.1, -0.05) is 0 Å². The Kier molecular flexibility index (Phi) is 3.04. The summed E-state index contributed by atoms with van der Waals surface area (Å²) in [5.74, 6) is -0.550. The van der Waals surface area contributed by atoms with Crippen molar-refractivity contribution in [2.45, 2.75) is 12.2 Å². The monoisotopic (exact) mass is 202 g/mol. The number of hydrogen-bond donors (Lipinski definition) is 1. The molecule has 68 valence electrons. The molecule has 5 nitrogen and oxygen atoms in total. The lowest BCUT2D eigenvalue weighted by Gasteiger charge is -2.04. The molecule has 1 unspecified atom stereocenters. The summed E-state index contributed by atoms with van der Waals surface area (Å²) in [6.07, 6.45) is 0.911. The van der Waals surface area contributed by atoms with Crippen LogP contribution in [0.25, 0.3) is 0 Å². The third kappa shape index (κ3) is 5.16. The van der Waals surface area contributed by atoms with Gasteiger partial charge in [0.25, 0.3) is 10.1 Å². The summed E-state index contributed by atoms with van der Waals surface area (Å²) in [6.45, 7) is 1.14. The first-order valence-corrected chi connectivity index (χ1v) is 6.33. The first-order chi connectivity index (χ1) is 4.63. The van der Waals surface area contributed by atoms with Crippen LogP contribution in [0.4, 0.5) is 0 Å². The van der Waals surface area contributed by atoms with Crippen LogP contribution in [0.1, 0.15) is 6.92 Å². The molecule has 0 aromatic heterocycles. The highest BCUT2D eigenvalue weighted by Crippen LogP contribution is 2.00. The van der Waals surface area contributed by atoms with Gasteiger partial charge in [-0.05, 0) is 6.92 Å². The third-order valence-corrected chi connectivity index (χ3v) is 3.55. The summed E-state index contributed by atoms with van der Waals surface area (Å²) >= 11 is 0. The van der Waals surface area contributed by atoms with Crippen molar-refractivity contribution in [2.24, 2.45) is 0 Å². The van der Waals surface area contributed by atoms with Crippen LogP contribution in [0, 0.1) is 0 Å². The van der Waals surface area contributed by atoms with Gasteiger partial charge in [0.2, 0.25) is 0 Å². The number of sulfone groups is 1. The molecule has 0 rings (SSSR count). The SMILES string of the molecule is CC(CS(C)(=O)=O)S(=O)(=O)O. The average Bonchev–Trinajstić information content (AvgIpc) is 1.56. The van der Waals surface area contributed by atoms with Crippen LogP contribution in [-0.4, -0.2) is 38.6 Å². The summed E-state index contributed by atoms with van der Waals surface area (Å²) in [5, 5.41) is -1.25. The van der Waals surface area contributed by atoms with E-state index in [1.165, 1.54) is 0 Å². The Balaban J connectivity index is 4.47. The molecule has 0 aliphatic heterocycles. The smallest absolute Gasteiger partial charge is 0.268 e. The lowest BCUT2D eigenvalue weighted by atomic mass is 10.6. The van der Waals surface area contributed by atoms with Crippen LogP contribution in [-0.2, 0) is 20.0 Å². The van der Waals surface area contributed by atoms with Crippen LogP contribution in [0.15, 0.2) is 0 Å². The largest absolute Gasteiger partial charge is 0.285 e. The molecular weight excluding hydrogens is 192 g/mol. The van der Waals surface area contributed by atoms with Gasteiger partial charge in [-0.15, -0.1) is 0 Å². The van der Waals surface area contributed by atoms with Crippen molar-refractivity contribution >= 4 is 20.0 Å². The van der Waals surface area contributed by atoms with Gasteiger partial charge in [0.15, 0.2) is 0 Å². The maximum absolute atomic E-state index is 10.5. The fourth-order valence-electron chi connectivity index (χ4n) is 0.512. The highest BCUT2D eigenvalue weighted by atomic mass is 32.2. The molecule has 0 aliphatic carbocycles. The highest BCUT2D eigenvalue weighted by Gasteiger charge is 2.21. The molecule has 1 atom stereocenters. The van der Waals surface area contributed by atoms with E-state index >= 15 is 0 Å². The van der Waals surface area contributed by atoms with E-state index in [2.05, 4.69) is 0 Å². The molecule has 0 aromatic carbocycles. The average molecular weight is 202 g/mol. The fraction of sp³-hybridized carbons (Fsp3) is 1.00. The second kappa shape index (κ2) is 3.08. The van der Waals surface area contributed by atoms with E-state index in [-0.39, 0.29) is 0 Å². The van der Waals surface area contributed by atoms with Gasteiger partial charge in [-0.2, -0.15) is 8.42 Å². The molecule has 0 aromatic rings. The van der Waals surface area contributed by atoms with Gasteiger partial charge in [-0.25, -0.2) is 8.42 Å². The van der Waals surface area contributed by atoms with Crippen molar-refractivity contribution in [2.75, 3.05) is 12.0 Å². The van der Waals surface area contributed by atoms with Crippen LogP contribution >= 0.6 is 0 Å². The molecule has 0 amide bonds. The van der Waals surface area contributed by atoms with Crippen LogP contribution in [0.5, 0.6) is 0 Å². The predicted octanol–water partition coefficient (Wildman–Crippen LogP) is -0.693. The second-order valence-corrected chi connectivity index (χ2v) is 6.44. The van der Waals surface area contributed by atoms with Crippen molar-refractivity contribution in [1.82, 2.24) is 0 Å². The number of rotatable bonds is 3. The van der Waals surface area contributed by atoms with Crippen molar-refractivity contribution in [1.29, 1.82) is 0 Å². The lowest BCUT2D eigenvalue weighted by molar-refractivity contribution is 0.473. The minimum atomic E-state index is -4.22. The standard InChI is InChI=1S/C4H10O5S2/c1-4(11(7,8)9)3-10(2,5)6/h4H,3H2,1-2H3,(H,7,8,9). The quantitative estimate of drug-likeness (QED) is 0.612. The topological polar surface area (TPSA) is 88.5 Å². The Morgan fingerprint density at radius 1 is 1.27 bits per heavy atom. The molecule has 0 radical (unpaired) electrons. The first kappa shape index (κ1) is 10.9. The van der Waals surface area contributed by atoms with E-state index in [4.69, 9.17) is 4.55 Å². The molecule has 1 N–H and O–H groups in total. The molecule has 11 heavy (non-hydrogen) atoms. The summed E-state index contributed by atoms with van der Waals surface area (Å²) in [5.41, 5.74) is 0. The van der Waals surface area contributed by atoms with E-state index in [9.17, 15) is 16.8 Å². The van der Waals surface area contributed by atoms with E-state index in [0.717, 1.165) is 13.2 Å². The van der Waals surface area contributed by atoms with E-state index in [1.807, 2.05) is 0 Å². The van der Waals surface area contributed by atoms with Gasteiger partial charge >= 0.3 is 0 Å². The van der Waals surface area contributed by atoms with Crippen molar-refractivity contribution in [3.05, 3.63) is 0 Å². The minimum Gasteiger partial charge on any atom is -0.285 e. The molecule has 0 saturated heterocycles. The van der Waals surface area contributed by atoms with E-state index in [1.54, 1.807) is 0 Å². The molecule has 0 spiro atoms. The molecule has 0 fully saturated rings. The lowest BCUT2D eigenvalue weighted by Crippen LogP contribution is -2.25. The van der Waals surface area contributed by atoms with Gasteiger partial charge in [0.1, 0.15) is 9.84 Å². The molecule has 0 heterocycles. The zero-order chi connectivity index (χ0) is 9.28. The van der Waals surface area contributed by atoms with Crippen molar-refractivity contribution < 1.29 is 21.4 Å². The Morgan fingerprint density at radius 3 is 1.73 bits per heavy atom. The minimum absolute atomic E-state index is 0.550. The van der Waals surface area contributed by atoms with E-state index < -0.39 is 31.0 Å². The maximum Gasteiger partial charge on any atom is 0.268 e. The van der Waals surface area contributed by atoms with Crippen LogP contribution in [0.3, 0.4) is 0 Å². The van der Waals surface area contributed by atoms with Gasteiger partial charge in [-0.3, -0.25) is 4.55 Å². The van der Waals surface area contributed by atoms with Gasteiger partial charge in [0, 0.05) is 6.26 Å². The van der Waals surface area contributed by atoms with Crippen LogP contribution in [0.2, 0.25) is 0 Å². The molecule has 0 aliphatic rings. The Bertz CT molecular complexity index is 310. The molecule has 0 saturated carbocycles. The zero-order valence-electron chi connectivity index (χ0n) is 6.18. The highest BCUT2D eigenvalue weighted by molar-refractivity contribution is 7.93. The number of hydrogen-bond acceptors (Lipinski definition) is 4. The maximum atomic E-state index is 10.5.